The quantitative estimate of drug-likeness (QED) is 0.523. The number of rotatable bonds is 5. The van der Waals surface area contributed by atoms with Crippen molar-refractivity contribution >= 4 is 17.3 Å². The molecule has 1 N–H and O–H groups in total. The van der Waals surface area contributed by atoms with E-state index in [0.717, 1.165) is 0 Å². The van der Waals surface area contributed by atoms with Gasteiger partial charge in [0.1, 0.15) is 5.82 Å². The van der Waals surface area contributed by atoms with Gasteiger partial charge in [0.05, 0.1) is 17.1 Å². The molecule has 7 heteroatoms. The number of hydrazone groups is 1. The first-order valence-corrected chi connectivity index (χ1v) is 6.78. The van der Waals surface area contributed by atoms with Crippen molar-refractivity contribution in [2.24, 2.45) is 5.10 Å². The molecule has 2 aromatic rings. The van der Waals surface area contributed by atoms with Gasteiger partial charge in [-0.15, -0.1) is 0 Å². The van der Waals surface area contributed by atoms with Crippen molar-refractivity contribution in [3.63, 3.8) is 0 Å². The minimum Gasteiger partial charge on any atom is -0.273 e. The van der Waals surface area contributed by atoms with Crippen LogP contribution in [-0.2, 0) is 11.2 Å². The third-order valence-corrected chi connectivity index (χ3v) is 3.10. The Kier molecular flexibility index (Phi) is 5.14. The Balaban J connectivity index is 2.01. The van der Waals surface area contributed by atoms with Crippen LogP contribution in [0.2, 0.25) is 0 Å². The van der Waals surface area contributed by atoms with Crippen LogP contribution >= 0.6 is 0 Å². The van der Waals surface area contributed by atoms with E-state index in [-0.39, 0.29) is 23.8 Å². The summed E-state index contributed by atoms with van der Waals surface area (Å²) < 4.78 is 12.8. The predicted molar refractivity (Wildman–Crippen MR) is 83.6 cm³/mol. The lowest BCUT2D eigenvalue weighted by Gasteiger charge is -2.03. The number of nitrogens with zero attached hydrogens (tertiary/aromatic N) is 2. The van der Waals surface area contributed by atoms with Crippen LogP contribution in [0, 0.1) is 15.9 Å². The molecule has 2 rings (SSSR count). The fraction of sp³-hybridized carbons (Fsp3) is 0.125. The fourth-order valence-corrected chi connectivity index (χ4v) is 1.88. The van der Waals surface area contributed by atoms with Crippen LogP contribution in [0.1, 0.15) is 18.1 Å². The molecule has 0 atom stereocenters. The van der Waals surface area contributed by atoms with Crippen LogP contribution in [0.4, 0.5) is 10.1 Å². The van der Waals surface area contributed by atoms with Crippen molar-refractivity contribution in [1.82, 2.24) is 5.43 Å². The highest BCUT2D eigenvalue weighted by Gasteiger charge is 2.08. The Morgan fingerprint density at radius 3 is 2.61 bits per heavy atom. The second kappa shape index (κ2) is 7.26. The molecule has 2 aromatic carbocycles. The molecule has 0 bridgehead atoms. The number of nitro groups is 1. The van der Waals surface area contributed by atoms with E-state index in [9.17, 15) is 19.3 Å². The molecule has 0 unspecified atom stereocenters. The predicted octanol–water partition coefficient (Wildman–Crippen LogP) is 2.82. The van der Waals surface area contributed by atoms with E-state index < -0.39 is 4.92 Å². The number of halogens is 1. The van der Waals surface area contributed by atoms with Gasteiger partial charge in [-0.05, 0) is 24.6 Å². The normalized spacial score (nSPS) is 11.1. The van der Waals surface area contributed by atoms with E-state index in [1.165, 1.54) is 36.4 Å². The summed E-state index contributed by atoms with van der Waals surface area (Å²) in [5.41, 5.74) is 3.98. The molecular formula is C16H14FN3O3. The molecule has 0 aliphatic rings. The lowest BCUT2D eigenvalue weighted by atomic mass is 10.1. The largest absolute Gasteiger partial charge is 0.273 e. The topological polar surface area (TPSA) is 84.6 Å². The molecule has 0 saturated heterocycles. The maximum atomic E-state index is 12.8. The van der Waals surface area contributed by atoms with Gasteiger partial charge in [0.15, 0.2) is 0 Å². The number of benzene rings is 2. The number of nitro benzene ring substituents is 1. The van der Waals surface area contributed by atoms with Gasteiger partial charge >= 0.3 is 0 Å². The number of hydrogen-bond donors (Lipinski definition) is 1. The van der Waals surface area contributed by atoms with Gasteiger partial charge in [-0.1, -0.05) is 24.3 Å². The van der Waals surface area contributed by atoms with Gasteiger partial charge in [-0.3, -0.25) is 14.9 Å². The second-order valence-electron chi connectivity index (χ2n) is 4.84. The Morgan fingerprint density at radius 2 is 1.96 bits per heavy atom. The van der Waals surface area contributed by atoms with E-state index in [4.69, 9.17) is 0 Å². The first-order valence-electron chi connectivity index (χ1n) is 6.78. The molecule has 23 heavy (non-hydrogen) atoms. The van der Waals surface area contributed by atoms with Crippen LogP contribution in [0.5, 0.6) is 0 Å². The summed E-state index contributed by atoms with van der Waals surface area (Å²) in [5, 5.41) is 14.7. The number of hydrogen-bond acceptors (Lipinski definition) is 4. The summed E-state index contributed by atoms with van der Waals surface area (Å²) in [6.45, 7) is 1.64. The third kappa shape index (κ3) is 4.70. The average Bonchev–Trinajstić information content (AvgIpc) is 2.55. The van der Waals surface area contributed by atoms with E-state index >= 15 is 0 Å². The first-order chi connectivity index (χ1) is 11.0. The van der Waals surface area contributed by atoms with E-state index in [2.05, 4.69) is 10.5 Å². The van der Waals surface area contributed by atoms with Crippen LogP contribution in [-0.4, -0.2) is 16.5 Å². The van der Waals surface area contributed by atoms with Crippen molar-refractivity contribution in [1.29, 1.82) is 0 Å². The molecule has 6 nitrogen and oxygen atoms in total. The number of nitrogens with one attached hydrogen (secondary N) is 1. The lowest BCUT2D eigenvalue weighted by molar-refractivity contribution is -0.384. The smallest absolute Gasteiger partial charge is 0.270 e. The zero-order chi connectivity index (χ0) is 16.8. The summed E-state index contributed by atoms with van der Waals surface area (Å²) >= 11 is 0. The summed E-state index contributed by atoms with van der Waals surface area (Å²) in [4.78, 5) is 22.0. The maximum absolute atomic E-state index is 12.8. The SMILES string of the molecule is C/C(=N\NC(=O)Cc1ccc(F)cc1)c1cccc([N+](=O)[O-])c1. The maximum Gasteiger partial charge on any atom is 0.270 e. The standard InChI is InChI=1S/C16H14FN3O3/c1-11(13-3-2-4-15(10-13)20(22)23)18-19-16(21)9-12-5-7-14(17)8-6-12/h2-8,10H,9H2,1H3,(H,19,21)/b18-11+. The zero-order valence-electron chi connectivity index (χ0n) is 12.3. The van der Waals surface area contributed by atoms with Crippen LogP contribution in [0.15, 0.2) is 53.6 Å². The Bertz CT molecular complexity index is 757. The molecule has 118 valence electrons. The summed E-state index contributed by atoms with van der Waals surface area (Å²) in [6.07, 6.45) is 0.0615. The van der Waals surface area contributed by atoms with Gasteiger partial charge in [-0.2, -0.15) is 5.10 Å². The molecular weight excluding hydrogens is 301 g/mol. The van der Waals surface area contributed by atoms with Gasteiger partial charge in [0.25, 0.3) is 5.69 Å². The Labute approximate surface area is 131 Å². The minimum atomic E-state index is -0.496. The van der Waals surface area contributed by atoms with E-state index in [1.54, 1.807) is 19.1 Å². The number of carbonyl (C=O) groups excluding carboxylic acids is 1. The summed E-state index contributed by atoms with van der Waals surface area (Å²) in [5.74, 6) is -0.727. The third-order valence-electron chi connectivity index (χ3n) is 3.10. The summed E-state index contributed by atoms with van der Waals surface area (Å²) in [6, 6.07) is 11.6. The zero-order valence-corrected chi connectivity index (χ0v) is 12.3. The molecule has 0 heterocycles. The van der Waals surface area contributed by atoms with Crippen LogP contribution in [0.3, 0.4) is 0 Å². The number of amides is 1. The first kappa shape index (κ1) is 16.3. The highest BCUT2D eigenvalue weighted by Crippen LogP contribution is 2.13. The van der Waals surface area contributed by atoms with E-state index in [0.29, 0.717) is 16.8 Å². The average molecular weight is 315 g/mol. The Morgan fingerprint density at radius 1 is 1.26 bits per heavy atom. The van der Waals surface area contributed by atoms with Crippen molar-refractivity contribution in [3.05, 3.63) is 75.6 Å². The van der Waals surface area contributed by atoms with Gasteiger partial charge in [-0.25, -0.2) is 9.82 Å². The molecule has 0 aliphatic carbocycles. The minimum absolute atomic E-state index is 0.0466. The van der Waals surface area contributed by atoms with Gasteiger partial charge < -0.3 is 0 Å². The molecule has 0 radical (unpaired) electrons. The van der Waals surface area contributed by atoms with Crippen LogP contribution < -0.4 is 5.43 Å². The van der Waals surface area contributed by atoms with Crippen molar-refractivity contribution in [2.45, 2.75) is 13.3 Å². The van der Waals surface area contributed by atoms with Crippen molar-refractivity contribution in [2.75, 3.05) is 0 Å². The number of non-ortho nitro benzene ring substituents is 1. The highest BCUT2D eigenvalue weighted by atomic mass is 19.1. The fourth-order valence-electron chi connectivity index (χ4n) is 1.88. The van der Waals surface area contributed by atoms with Crippen molar-refractivity contribution < 1.29 is 14.1 Å². The van der Waals surface area contributed by atoms with Crippen LogP contribution in [0.25, 0.3) is 0 Å². The number of carbonyl (C=O) groups is 1. The monoisotopic (exact) mass is 315 g/mol. The second-order valence-corrected chi connectivity index (χ2v) is 4.84. The molecule has 0 saturated carbocycles. The van der Waals surface area contributed by atoms with Crippen molar-refractivity contribution in [3.8, 4) is 0 Å². The lowest BCUT2D eigenvalue weighted by Crippen LogP contribution is -2.21. The summed E-state index contributed by atoms with van der Waals surface area (Å²) in [7, 11) is 0. The highest BCUT2D eigenvalue weighted by molar-refractivity contribution is 5.99. The molecule has 0 aromatic heterocycles. The Hall–Kier alpha value is -3.09. The molecule has 0 spiro atoms. The van der Waals surface area contributed by atoms with Gasteiger partial charge in [0, 0.05) is 17.7 Å². The molecule has 1 amide bonds. The van der Waals surface area contributed by atoms with Gasteiger partial charge in [0.2, 0.25) is 5.91 Å². The van der Waals surface area contributed by atoms with E-state index in [1.807, 2.05) is 0 Å². The molecule has 0 aliphatic heterocycles. The molecule has 0 fully saturated rings.